The topological polar surface area (TPSA) is 63.7 Å². The molecule has 1 heterocycles. The van der Waals surface area contributed by atoms with Crippen LogP contribution in [0.2, 0.25) is 0 Å². The molecule has 1 aliphatic rings. The second-order valence-corrected chi connectivity index (χ2v) is 8.76. The van der Waals surface area contributed by atoms with Gasteiger partial charge in [-0.05, 0) is 38.5 Å². The van der Waals surface area contributed by atoms with Crippen LogP contribution in [0, 0.1) is 0 Å². The number of imide groups is 1. The Bertz CT molecular complexity index is 1050. The van der Waals surface area contributed by atoms with Crippen molar-refractivity contribution in [2.24, 2.45) is 0 Å². The van der Waals surface area contributed by atoms with Crippen molar-refractivity contribution < 1.29 is 32.3 Å². The van der Waals surface area contributed by atoms with Gasteiger partial charge >= 0.3 is 12.3 Å². The van der Waals surface area contributed by atoms with E-state index >= 15 is 0 Å². The lowest BCUT2D eigenvalue weighted by atomic mass is 9.85. The van der Waals surface area contributed by atoms with Crippen LogP contribution in [0.3, 0.4) is 0 Å². The molecule has 0 aromatic heterocycles. The molecule has 0 spiro atoms. The van der Waals surface area contributed by atoms with Crippen LogP contribution in [-0.2, 0) is 15.7 Å². The van der Waals surface area contributed by atoms with E-state index in [1.807, 2.05) is 0 Å². The highest BCUT2D eigenvalue weighted by Gasteiger charge is 2.41. The van der Waals surface area contributed by atoms with E-state index in [4.69, 9.17) is 4.74 Å². The third-order valence-corrected chi connectivity index (χ3v) is 5.14. The zero-order valence-corrected chi connectivity index (χ0v) is 18.4. The molecule has 2 atom stereocenters. The number of nitrogens with zero attached hydrogens (tertiary/aromatic N) is 1. The minimum atomic E-state index is -4.51. The predicted molar refractivity (Wildman–Crippen MR) is 116 cm³/mol. The van der Waals surface area contributed by atoms with Crippen molar-refractivity contribution in [3.63, 3.8) is 0 Å². The summed E-state index contributed by atoms with van der Waals surface area (Å²) in [6.45, 7) is 4.96. The van der Waals surface area contributed by atoms with Gasteiger partial charge < -0.3 is 4.74 Å². The fraction of sp³-hybridized carbons (Fsp3) is 0.320. The SMILES string of the molecule is CC(C)(C)OC(=O)N1C(=O)C=C[C@@H]1[C@@H](CC(=O)c1ccccc1)c1ccc(C(F)(F)F)cc1. The lowest BCUT2D eigenvalue weighted by Gasteiger charge is -2.32. The van der Waals surface area contributed by atoms with Crippen LogP contribution in [-0.4, -0.2) is 34.3 Å². The Morgan fingerprint density at radius 1 is 1.00 bits per heavy atom. The van der Waals surface area contributed by atoms with Crippen LogP contribution >= 0.6 is 0 Å². The Morgan fingerprint density at radius 3 is 2.15 bits per heavy atom. The summed E-state index contributed by atoms with van der Waals surface area (Å²) in [4.78, 5) is 39.1. The van der Waals surface area contributed by atoms with E-state index in [2.05, 4.69) is 0 Å². The van der Waals surface area contributed by atoms with E-state index in [0.29, 0.717) is 11.1 Å². The van der Waals surface area contributed by atoms with E-state index in [-0.39, 0.29) is 12.2 Å². The van der Waals surface area contributed by atoms with Crippen LogP contribution in [0.15, 0.2) is 66.7 Å². The van der Waals surface area contributed by atoms with Crippen LogP contribution in [0.25, 0.3) is 0 Å². The quantitative estimate of drug-likeness (QED) is 0.533. The molecular weight excluding hydrogens is 435 g/mol. The number of benzene rings is 2. The van der Waals surface area contributed by atoms with Gasteiger partial charge in [-0.15, -0.1) is 0 Å². The molecule has 0 bridgehead atoms. The van der Waals surface area contributed by atoms with E-state index < -0.39 is 41.3 Å². The van der Waals surface area contributed by atoms with Gasteiger partial charge in [-0.1, -0.05) is 48.5 Å². The van der Waals surface area contributed by atoms with Crippen LogP contribution < -0.4 is 0 Å². The van der Waals surface area contributed by atoms with Crippen LogP contribution in [0.1, 0.15) is 54.6 Å². The van der Waals surface area contributed by atoms with Gasteiger partial charge in [-0.3, -0.25) is 9.59 Å². The lowest BCUT2D eigenvalue weighted by Crippen LogP contribution is -2.45. The number of hydrogen-bond donors (Lipinski definition) is 0. The third-order valence-electron chi connectivity index (χ3n) is 5.14. The minimum absolute atomic E-state index is 0.128. The maximum atomic E-state index is 13.1. The van der Waals surface area contributed by atoms with E-state index in [1.54, 1.807) is 51.1 Å². The maximum Gasteiger partial charge on any atom is 0.417 e. The second kappa shape index (κ2) is 9.21. The fourth-order valence-electron chi connectivity index (χ4n) is 3.63. The smallest absolute Gasteiger partial charge is 0.417 e. The summed E-state index contributed by atoms with van der Waals surface area (Å²) < 4.78 is 44.5. The predicted octanol–water partition coefficient (Wildman–Crippen LogP) is 5.76. The molecule has 0 N–H and O–H groups in total. The number of rotatable bonds is 5. The average molecular weight is 459 g/mol. The summed E-state index contributed by atoms with van der Waals surface area (Å²) in [5.41, 5.74) is -0.882. The molecule has 2 aromatic carbocycles. The highest BCUT2D eigenvalue weighted by Crippen LogP contribution is 2.35. The van der Waals surface area contributed by atoms with Gasteiger partial charge in [-0.2, -0.15) is 13.2 Å². The zero-order chi connectivity index (χ0) is 24.4. The van der Waals surface area contributed by atoms with Gasteiger partial charge in [0.15, 0.2) is 5.78 Å². The number of ketones is 1. The monoisotopic (exact) mass is 459 g/mol. The summed E-state index contributed by atoms with van der Waals surface area (Å²) >= 11 is 0. The molecule has 0 saturated heterocycles. The number of ether oxygens (including phenoxy) is 1. The van der Waals surface area contributed by atoms with Crippen molar-refractivity contribution in [1.82, 2.24) is 4.90 Å². The maximum absolute atomic E-state index is 13.1. The average Bonchev–Trinajstić information content (AvgIpc) is 3.12. The van der Waals surface area contributed by atoms with E-state index in [0.717, 1.165) is 17.0 Å². The van der Waals surface area contributed by atoms with Gasteiger partial charge in [0.1, 0.15) is 5.60 Å². The molecule has 174 valence electrons. The van der Waals surface area contributed by atoms with Gasteiger partial charge in [0.25, 0.3) is 5.91 Å². The first-order valence-corrected chi connectivity index (χ1v) is 10.4. The summed E-state index contributed by atoms with van der Waals surface area (Å²) in [7, 11) is 0. The van der Waals surface area contributed by atoms with Crippen molar-refractivity contribution in [3.05, 3.63) is 83.4 Å². The van der Waals surface area contributed by atoms with Crippen molar-refractivity contribution in [2.45, 2.75) is 50.9 Å². The molecular formula is C25H24F3NO4. The van der Waals surface area contributed by atoms with Gasteiger partial charge in [-0.25, -0.2) is 9.69 Å². The number of carbonyl (C=O) groups is 3. The molecule has 2 amide bonds. The first-order valence-electron chi connectivity index (χ1n) is 10.4. The van der Waals surface area contributed by atoms with Gasteiger partial charge in [0.2, 0.25) is 0 Å². The van der Waals surface area contributed by atoms with Crippen molar-refractivity contribution in [1.29, 1.82) is 0 Å². The Kier molecular flexibility index (Phi) is 6.76. The first kappa shape index (κ1) is 24.2. The molecule has 5 nitrogen and oxygen atoms in total. The number of Topliss-reactive ketones (excluding diaryl/α,β-unsaturated/α-hetero) is 1. The van der Waals surface area contributed by atoms with E-state index in [1.165, 1.54) is 24.3 Å². The molecule has 33 heavy (non-hydrogen) atoms. The van der Waals surface area contributed by atoms with Gasteiger partial charge in [0, 0.05) is 24.0 Å². The Hall–Kier alpha value is -3.42. The molecule has 3 rings (SSSR count). The number of carbonyl (C=O) groups excluding carboxylic acids is 3. The first-order chi connectivity index (χ1) is 15.4. The minimum Gasteiger partial charge on any atom is -0.443 e. The van der Waals surface area contributed by atoms with Crippen molar-refractivity contribution in [3.8, 4) is 0 Å². The number of halogens is 3. The number of hydrogen-bond acceptors (Lipinski definition) is 4. The van der Waals surface area contributed by atoms with Crippen molar-refractivity contribution in [2.75, 3.05) is 0 Å². The highest BCUT2D eigenvalue weighted by molar-refractivity contribution is 6.02. The standard InChI is InChI=1S/C25H24F3NO4/c1-24(2,3)33-23(32)29-20(13-14-22(29)31)19(15-21(30)17-7-5-4-6-8-17)16-9-11-18(12-10-16)25(26,27)28/h4-14,19-20H,15H2,1-3H3/t19-,20+/m0/s1. The molecule has 0 saturated carbocycles. The lowest BCUT2D eigenvalue weighted by molar-refractivity contribution is -0.137. The summed E-state index contributed by atoms with van der Waals surface area (Å²) in [6, 6.07) is 11.9. The molecule has 0 unspecified atom stereocenters. The summed E-state index contributed by atoms with van der Waals surface area (Å²) in [6.07, 6.45) is -2.84. The zero-order valence-electron chi connectivity index (χ0n) is 18.4. The second-order valence-electron chi connectivity index (χ2n) is 8.76. The Labute approximate surface area is 189 Å². The van der Waals surface area contributed by atoms with Crippen molar-refractivity contribution >= 4 is 17.8 Å². The summed E-state index contributed by atoms with van der Waals surface area (Å²) in [5.74, 6) is -1.65. The number of alkyl halides is 3. The Balaban J connectivity index is 1.98. The van der Waals surface area contributed by atoms with Crippen LogP contribution in [0.4, 0.5) is 18.0 Å². The normalized spacial score (nSPS) is 17.2. The molecule has 8 heteroatoms. The molecule has 0 fully saturated rings. The third kappa shape index (κ3) is 5.88. The number of amides is 2. The summed E-state index contributed by atoms with van der Waals surface area (Å²) in [5, 5.41) is 0. The van der Waals surface area contributed by atoms with Gasteiger partial charge in [0.05, 0.1) is 11.6 Å². The highest BCUT2D eigenvalue weighted by atomic mass is 19.4. The Morgan fingerprint density at radius 2 is 1.61 bits per heavy atom. The van der Waals surface area contributed by atoms with E-state index in [9.17, 15) is 27.6 Å². The molecule has 1 aliphatic heterocycles. The largest absolute Gasteiger partial charge is 0.443 e. The fourth-order valence-corrected chi connectivity index (χ4v) is 3.63. The molecule has 0 radical (unpaired) electrons. The molecule has 0 aliphatic carbocycles. The molecule has 2 aromatic rings. The van der Waals surface area contributed by atoms with Crippen LogP contribution in [0.5, 0.6) is 0 Å².